The Morgan fingerprint density at radius 1 is 1.09 bits per heavy atom. The summed E-state index contributed by atoms with van der Waals surface area (Å²) in [7, 11) is 1.38. The molecule has 1 fully saturated rings. The lowest BCUT2D eigenvalue weighted by Crippen LogP contribution is -2.51. The van der Waals surface area contributed by atoms with Gasteiger partial charge in [-0.15, -0.1) is 0 Å². The molecule has 174 valence electrons. The van der Waals surface area contributed by atoms with Crippen molar-refractivity contribution >= 4 is 17.7 Å². The van der Waals surface area contributed by atoms with E-state index in [1.165, 1.54) is 23.9 Å². The van der Waals surface area contributed by atoms with Crippen molar-refractivity contribution in [3.05, 3.63) is 76.5 Å². The highest BCUT2D eigenvalue weighted by molar-refractivity contribution is 5.95. The molecule has 0 bridgehead atoms. The SMILES string of the molecule is CCc1ccc([C@H]2NC(=O)NC(CN3CCN(c4cccc(C)c4)CC3)=C2C(=O)OC)cc1. The minimum absolute atomic E-state index is 0.305. The molecule has 0 aromatic heterocycles. The molecular formula is C26H32N4O3. The fourth-order valence-corrected chi connectivity index (χ4v) is 4.50. The number of nitrogens with one attached hydrogen (secondary N) is 2. The van der Waals surface area contributed by atoms with Crippen molar-refractivity contribution in [1.29, 1.82) is 0 Å². The van der Waals surface area contributed by atoms with E-state index in [-0.39, 0.29) is 6.03 Å². The lowest BCUT2D eigenvalue weighted by molar-refractivity contribution is -0.136. The van der Waals surface area contributed by atoms with Gasteiger partial charge in [-0.1, -0.05) is 43.3 Å². The zero-order chi connectivity index (χ0) is 23.4. The number of urea groups is 1. The normalized spacial score (nSPS) is 19.2. The lowest BCUT2D eigenvalue weighted by Gasteiger charge is -2.38. The number of methoxy groups -OCH3 is 1. The van der Waals surface area contributed by atoms with Crippen molar-refractivity contribution in [2.45, 2.75) is 26.3 Å². The third kappa shape index (κ3) is 5.20. The molecule has 2 aliphatic heterocycles. The van der Waals surface area contributed by atoms with E-state index < -0.39 is 12.0 Å². The molecule has 33 heavy (non-hydrogen) atoms. The molecule has 2 aromatic carbocycles. The van der Waals surface area contributed by atoms with Crippen LogP contribution in [-0.2, 0) is 16.0 Å². The van der Waals surface area contributed by atoms with Gasteiger partial charge in [-0.05, 0) is 42.2 Å². The molecule has 0 radical (unpaired) electrons. The van der Waals surface area contributed by atoms with Crippen molar-refractivity contribution in [2.24, 2.45) is 0 Å². The number of piperazine rings is 1. The first-order valence-corrected chi connectivity index (χ1v) is 11.5. The summed E-state index contributed by atoms with van der Waals surface area (Å²) in [5.74, 6) is -0.430. The Hall–Kier alpha value is -3.32. The van der Waals surface area contributed by atoms with Crippen molar-refractivity contribution in [3.8, 4) is 0 Å². The van der Waals surface area contributed by atoms with Crippen molar-refractivity contribution in [3.63, 3.8) is 0 Å². The van der Waals surface area contributed by atoms with Gasteiger partial charge >= 0.3 is 12.0 Å². The molecule has 7 heteroatoms. The Labute approximate surface area is 195 Å². The van der Waals surface area contributed by atoms with E-state index >= 15 is 0 Å². The molecule has 2 amide bonds. The van der Waals surface area contributed by atoms with Crippen molar-refractivity contribution < 1.29 is 14.3 Å². The van der Waals surface area contributed by atoms with Crippen LogP contribution in [-0.4, -0.2) is 56.7 Å². The zero-order valence-electron chi connectivity index (χ0n) is 19.6. The van der Waals surface area contributed by atoms with Gasteiger partial charge < -0.3 is 20.3 Å². The summed E-state index contributed by atoms with van der Waals surface area (Å²) in [5.41, 5.74) is 5.62. The molecular weight excluding hydrogens is 416 g/mol. The number of rotatable bonds is 6. The highest BCUT2D eigenvalue weighted by Gasteiger charge is 2.34. The second-order valence-corrected chi connectivity index (χ2v) is 8.61. The topological polar surface area (TPSA) is 73.9 Å². The first kappa shape index (κ1) is 22.9. The molecule has 0 unspecified atom stereocenters. The Bertz CT molecular complexity index is 1040. The number of hydrogen-bond acceptors (Lipinski definition) is 5. The van der Waals surface area contributed by atoms with Crippen molar-refractivity contribution in [2.75, 3.05) is 44.7 Å². The first-order chi connectivity index (χ1) is 16.0. The molecule has 2 aliphatic rings. The Morgan fingerprint density at radius 2 is 1.82 bits per heavy atom. The van der Waals surface area contributed by atoms with Crippen LogP contribution < -0.4 is 15.5 Å². The van der Waals surface area contributed by atoms with Crippen LogP contribution in [0, 0.1) is 6.92 Å². The van der Waals surface area contributed by atoms with Gasteiger partial charge in [0.15, 0.2) is 0 Å². The number of benzene rings is 2. The van der Waals surface area contributed by atoms with Crippen LogP contribution in [0.1, 0.15) is 29.7 Å². The quantitative estimate of drug-likeness (QED) is 0.664. The zero-order valence-corrected chi connectivity index (χ0v) is 19.6. The second-order valence-electron chi connectivity index (χ2n) is 8.61. The van der Waals surface area contributed by atoms with E-state index in [4.69, 9.17) is 4.74 Å². The molecule has 2 heterocycles. The number of carbonyl (C=O) groups excluding carboxylic acids is 2. The van der Waals surface area contributed by atoms with Crippen LogP contribution in [0.25, 0.3) is 0 Å². The fraction of sp³-hybridized carbons (Fsp3) is 0.385. The minimum Gasteiger partial charge on any atom is -0.466 e. The minimum atomic E-state index is -0.541. The predicted octanol–water partition coefficient (Wildman–Crippen LogP) is 3.16. The van der Waals surface area contributed by atoms with Gasteiger partial charge in [-0.3, -0.25) is 4.90 Å². The van der Waals surface area contributed by atoms with E-state index in [0.29, 0.717) is 17.8 Å². The standard InChI is InChI=1S/C26H32N4O3/c1-4-19-8-10-20(11-9-19)24-23(25(31)33-3)22(27-26(32)28-24)17-29-12-14-30(15-13-29)21-7-5-6-18(2)16-21/h5-11,16,24H,4,12-15,17H2,1-3H3,(H2,27,28,32)/t24-/m1/s1. The van der Waals surface area contributed by atoms with Gasteiger partial charge in [-0.25, -0.2) is 9.59 Å². The van der Waals surface area contributed by atoms with Crippen LogP contribution in [0.2, 0.25) is 0 Å². The molecule has 0 aliphatic carbocycles. The molecule has 2 N–H and O–H groups in total. The smallest absolute Gasteiger partial charge is 0.338 e. The van der Waals surface area contributed by atoms with E-state index in [9.17, 15) is 9.59 Å². The third-order valence-corrected chi connectivity index (χ3v) is 6.40. The second kappa shape index (κ2) is 10.1. The number of amides is 2. The Morgan fingerprint density at radius 3 is 2.45 bits per heavy atom. The van der Waals surface area contributed by atoms with E-state index in [2.05, 4.69) is 58.5 Å². The highest BCUT2D eigenvalue weighted by atomic mass is 16.5. The van der Waals surface area contributed by atoms with E-state index in [1.807, 2.05) is 24.3 Å². The number of nitrogens with zero attached hydrogens (tertiary/aromatic N) is 2. The van der Waals surface area contributed by atoms with Crippen molar-refractivity contribution in [1.82, 2.24) is 15.5 Å². The van der Waals surface area contributed by atoms with E-state index in [1.54, 1.807) is 0 Å². The molecule has 0 spiro atoms. The molecule has 1 atom stereocenters. The Kier molecular flexibility index (Phi) is 6.99. The number of anilines is 1. The van der Waals surface area contributed by atoms with Crippen LogP contribution in [0.15, 0.2) is 59.8 Å². The number of ether oxygens (including phenoxy) is 1. The Balaban J connectivity index is 1.54. The number of carbonyl (C=O) groups is 2. The average molecular weight is 449 g/mol. The van der Waals surface area contributed by atoms with Gasteiger partial charge in [0.05, 0.1) is 18.7 Å². The number of aryl methyl sites for hydroxylation is 2. The first-order valence-electron chi connectivity index (χ1n) is 11.5. The summed E-state index contributed by atoms with van der Waals surface area (Å²) in [6, 6.07) is 15.7. The van der Waals surface area contributed by atoms with E-state index in [0.717, 1.165) is 38.2 Å². The summed E-state index contributed by atoms with van der Waals surface area (Å²) in [4.78, 5) is 30.0. The molecule has 4 rings (SSSR count). The van der Waals surface area contributed by atoms with Crippen LogP contribution in [0.3, 0.4) is 0 Å². The van der Waals surface area contributed by atoms with Crippen LogP contribution in [0.4, 0.5) is 10.5 Å². The number of hydrogen-bond donors (Lipinski definition) is 2. The maximum Gasteiger partial charge on any atom is 0.338 e. The van der Waals surface area contributed by atoms with Gasteiger partial charge in [0.2, 0.25) is 0 Å². The monoisotopic (exact) mass is 448 g/mol. The summed E-state index contributed by atoms with van der Waals surface area (Å²) >= 11 is 0. The summed E-state index contributed by atoms with van der Waals surface area (Å²) in [6.45, 7) is 8.14. The largest absolute Gasteiger partial charge is 0.466 e. The van der Waals surface area contributed by atoms with Crippen LogP contribution in [0.5, 0.6) is 0 Å². The maximum atomic E-state index is 12.8. The summed E-state index contributed by atoms with van der Waals surface area (Å²) in [6.07, 6.45) is 0.929. The number of esters is 1. The predicted molar refractivity (Wildman–Crippen MR) is 129 cm³/mol. The lowest BCUT2D eigenvalue weighted by atomic mass is 9.94. The summed E-state index contributed by atoms with van der Waals surface area (Å²) < 4.78 is 5.11. The van der Waals surface area contributed by atoms with Crippen LogP contribution >= 0.6 is 0 Å². The van der Waals surface area contributed by atoms with Gasteiger partial charge in [0.1, 0.15) is 0 Å². The van der Waals surface area contributed by atoms with Gasteiger partial charge in [0.25, 0.3) is 0 Å². The maximum absolute atomic E-state index is 12.8. The molecule has 7 nitrogen and oxygen atoms in total. The third-order valence-electron chi connectivity index (χ3n) is 6.40. The molecule has 1 saturated heterocycles. The average Bonchev–Trinajstić information content (AvgIpc) is 2.84. The van der Waals surface area contributed by atoms with Gasteiger partial charge in [-0.2, -0.15) is 0 Å². The van der Waals surface area contributed by atoms with Gasteiger partial charge in [0, 0.05) is 44.1 Å². The summed E-state index contributed by atoms with van der Waals surface area (Å²) in [5, 5.41) is 5.78. The highest BCUT2D eigenvalue weighted by Crippen LogP contribution is 2.29. The fourth-order valence-electron chi connectivity index (χ4n) is 4.50. The molecule has 0 saturated carbocycles. The molecule has 2 aromatic rings.